The van der Waals surface area contributed by atoms with E-state index < -0.39 is 0 Å². The second-order valence-electron chi connectivity index (χ2n) is 4.30. The second kappa shape index (κ2) is 3.70. The lowest BCUT2D eigenvalue weighted by molar-refractivity contribution is 0.112. The summed E-state index contributed by atoms with van der Waals surface area (Å²) in [5.74, 6) is 0. The van der Waals surface area contributed by atoms with E-state index in [0.29, 0.717) is 0 Å². The van der Waals surface area contributed by atoms with Crippen molar-refractivity contribution in [2.75, 3.05) is 0 Å². The Balaban J connectivity index is 2.64. The minimum atomic E-state index is 0.766. The number of hydrogen-bond donors (Lipinski definition) is 0. The summed E-state index contributed by atoms with van der Waals surface area (Å²) < 4.78 is 0. The monoisotopic (exact) mass is 220 g/mol. The quantitative estimate of drug-likeness (QED) is 0.445. The molecule has 0 unspecified atom stereocenters. The number of rotatable bonds is 1. The van der Waals surface area contributed by atoms with Crippen LogP contribution >= 0.6 is 0 Å². The molecule has 0 radical (unpaired) electrons. The van der Waals surface area contributed by atoms with Gasteiger partial charge in [0, 0.05) is 10.9 Å². The molecule has 0 amide bonds. The number of carbonyl (C=O) groups excluding carboxylic acids is 1. The molecule has 0 saturated carbocycles. The fourth-order valence-electron chi connectivity index (χ4n) is 2.40. The highest BCUT2D eigenvalue weighted by molar-refractivity contribution is 6.14. The minimum Gasteiger partial charge on any atom is -0.298 e. The van der Waals surface area contributed by atoms with Crippen molar-refractivity contribution in [1.29, 1.82) is 0 Å². The van der Waals surface area contributed by atoms with Crippen molar-refractivity contribution in [1.82, 2.24) is 0 Å². The first-order valence-corrected chi connectivity index (χ1v) is 5.67. The van der Waals surface area contributed by atoms with Crippen LogP contribution in [0.15, 0.2) is 48.5 Å². The van der Waals surface area contributed by atoms with Gasteiger partial charge in [-0.3, -0.25) is 4.79 Å². The molecular formula is C16H12O. The van der Waals surface area contributed by atoms with Crippen molar-refractivity contribution < 1.29 is 4.79 Å². The number of benzene rings is 3. The van der Waals surface area contributed by atoms with Gasteiger partial charge in [-0.25, -0.2) is 0 Å². The molecule has 1 heteroatoms. The van der Waals surface area contributed by atoms with Crippen molar-refractivity contribution in [2.24, 2.45) is 0 Å². The lowest BCUT2D eigenvalue weighted by Crippen LogP contribution is -1.88. The minimum absolute atomic E-state index is 0.766. The summed E-state index contributed by atoms with van der Waals surface area (Å²) in [7, 11) is 0. The number of aldehydes is 1. The van der Waals surface area contributed by atoms with Crippen LogP contribution in [-0.4, -0.2) is 6.29 Å². The summed E-state index contributed by atoms with van der Waals surface area (Å²) in [6, 6.07) is 16.3. The first-order valence-electron chi connectivity index (χ1n) is 5.67. The van der Waals surface area contributed by atoms with Crippen molar-refractivity contribution in [3.8, 4) is 0 Å². The Kier molecular flexibility index (Phi) is 2.19. The molecule has 3 aromatic carbocycles. The molecule has 0 heterocycles. The van der Waals surface area contributed by atoms with Crippen molar-refractivity contribution >= 4 is 27.8 Å². The summed E-state index contributed by atoms with van der Waals surface area (Å²) in [5.41, 5.74) is 1.97. The highest BCUT2D eigenvalue weighted by Crippen LogP contribution is 2.29. The first-order chi connectivity index (χ1) is 8.31. The van der Waals surface area contributed by atoms with E-state index in [1.807, 2.05) is 24.3 Å². The molecule has 82 valence electrons. The number of carbonyl (C=O) groups is 1. The van der Waals surface area contributed by atoms with E-state index in [1.54, 1.807) is 0 Å². The van der Waals surface area contributed by atoms with Crippen LogP contribution in [0.5, 0.6) is 0 Å². The molecular weight excluding hydrogens is 208 g/mol. The van der Waals surface area contributed by atoms with E-state index in [-0.39, 0.29) is 0 Å². The van der Waals surface area contributed by atoms with Gasteiger partial charge in [-0.05, 0) is 28.6 Å². The van der Waals surface area contributed by atoms with Crippen molar-refractivity contribution in [2.45, 2.75) is 6.92 Å². The predicted molar refractivity (Wildman–Crippen MR) is 71.6 cm³/mol. The van der Waals surface area contributed by atoms with Gasteiger partial charge >= 0.3 is 0 Å². The second-order valence-corrected chi connectivity index (χ2v) is 4.30. The van der Waals surface area contributed by atoms with E-state index in [1.165, 1.54) is 10.9 Å². The molecule has 0 fully saturated rings. The molecule has 0 spiro atoms. The lowest BCUT2D eigenvalue weighted by Gasteiger charge is -2.08. The molecule has 0 aliphatic carbocycles. The zero-order valence-electron chi connectivity index (χ0n) is 9.60. The molecule has 0 bridgehead atoms. The van der Waals surface area contributed by atoms with E-state index in [4.69, 9.17) is 0 Å². The first kappa shape index (κ1) is 10.0. The third kappa shape index (κ3) is 1.43. The molecule has 3 aromatic rings. The number of hydrogen-bond acceptors (Lipinski definition) is 1. The normalized spacial score (nSPS) is 10.9. The Morgan fingerprint density at radius 1 is 0.882 bits per heavy atom. The largest absolute Gasteiger partial charge is 0.298 e. The standard InChI is InChI=1S/C16H12O/c1-11-6-7-13(10-17)16-14(11)9-8-12-4-2-3-5-15(12)16/h2-10H,1H3. The average Bonchev–Trinajstić information content (AvgIpc) is 2.39. The van der Waals surface area contributed by atoms with Gasteiger partial charge in [-0.2, -0.15) is 0 Å². The van der Waals surface area contributed by atoms with E-state index in [9.17, 15) is 4.79 Å². The van der Waals surface area contributed by atoms with Gasteiger partial charge in [0.2, 0.25) is 0 Å². The molecule has 0 aliphatic rings. The molecule has 17 heavy (non-hydrogen) atoms. The van der Waals surface area contributed by atoms with Crippen LogP contribution in [0.2, 0.25) is 0 Å². The van der Waals surface area contributed by atoms with Crippen molar-refractivity contribution in [3.05, 3.63) is 59.7 Å². The topological polar surface area (TPSA) is 17.1 Å². The summed E-state index contributed by atoms with van der Waals surface area (Å²) in [6.45, 7) is 2.08. The summed E-state index contributed by atoms with van der Waals surface area (Å²) in [6.07, 6.45) is 0.939. The molecule has 0 aromatic heterocycles. The Morgan fingerprint density at radius 3 is 2.53 bits per heavy atom. The molecule has 0 aliphatic heterocycles. The lowest BCUT2D eigenvalue weighted by atomic mass is 9.95. The van der Waals surface area contributed by atoms with Crippen LogP contribution < -0.4 is 0 Å². The van der Waals surface area contributed by atoms with E-state index >= 15 is 0 Å². The van der Waals surface area contributed by atoms with Crippen LogP contribution in [0.4, 0.5) is 0 Å². The van der Waals surface area contributed by atoms with Crippen LogP contribution in [-0.2, 0) is 0 Å². The van der Waals surface area contributed by atoms with Gasteiger partial charge in [0.05, 0.1) is 0 Å². The summed E-state index contributed by atoms with van der Waals surface area (Å²) in [5, 5.41) is 4.55. The van der Waals surface area contributed by atoms with Gasteiger partial charge in [-0.15, -0.1) is 0 Å². The zero-order chi connectivity index (χ0) is 11.8. The Labute approximate surface area is 99.7 Å². The van der Waals surface area contributed by atoms with Gasteiger partial charge in [-0.1, -0.05) is 48.5 Å². The number of aryl methyl sites for hydroxylation is 1. The van der Waals surface area contributed by atoms with Gasteiger partial charge in [0.15, 0.2) is 6.29 Å². The molecule has 0 N–H and O–H groups in total. The molecule has 3 rings (SSSR count). The van der Waals surface area contributed by atoms with Gasteiger partial charge < -0.3 is 0 Å². The Bertz CT molecular complexity index is 726. The third-order valence-corrected chi connectivity index (χ3v) is 3.28. The summed E-state index contributed by atoms with van der Waals surface area (Å²) >= 11 is 0. The molecule has 1 nitrogen and oxygen atoms in total. The molecule has 0 saturated heterocycles. The van der Waals surface area contributed by atoms with Crippen molar-refractivity contribution in [3.63, 3.8) is 0 Å². The maximum absolute atomic E-state index is 11.2. The van der Waals surface area contributed by atoms with Crippen LogP contribution in [0.3, 0.4) is 0 Å². The smallest absolute Gasteiger partial charge is 0.150 e. The van der Waals surface area contributed by atoms with Gasteiger partial charge in [0.1, 0.15) is 0 Å². The Morgan fingerprint density at radius 2 is 1.71 bits per heavy atom. The maximum Gasteiger partial charge on any atom is 0.150 e. The van der Waals surface area contributed by atoms with E-state index in [0.717, 1.165) is 28.0 Å². The third-order valence-electron chi connectivity index (χ3n) is 3.28. The van der Waals surface area contributed by atoms with Crippen LogP contribution in [0.25, 0.3) is 21.5 Å². The van der Waals surface area contributed by atoms with Crippen LogP contribution in [0.1, 0.15) is 15.9 Å². The van der Waals surface area contributed by atoms with Crippen LogP contribution in [0, 0.1) is 6.92 Å². The Hall–Kier alpha value is -2.15. The fraction of sp³-hybridized carbons (Fsp3) is 0.0625. The zero-order valence-corrected chi connectivity index (χ0v) is 9.60. The fourth-order valence-corrected chi connectivity index (χ4v) is 2.40. The van der Waals surface area contributed by atoms with Gasteiger partial charge in [0.25, 0.3) is 0 Å². The summed E-state index contributed by atoms with van der Waals surface area (Å²) in [4.78, 5) is 11.2. The number of fused-ring (bicyclic) bond motifs is 3. The van der Waals surface area contributed by atoms with E-state index in [2.05, 4.69) is 31.2 Å². The SMILES string of the molecule is Cc1ccc(C=O)c2c1ccc1ccccc12. The highest BCUT2D eigenvalue weighted by Gasteiger charge is 2.06. The molecule has 0 atom stereocenters. The predicted octanol–water partition coefficient (Wildman–Crippen LogP) is 4.11. The highest BCUT2D eigenvalue weighted by atomic mass is 16.1. The maximum atomic E-state index is 11.2. The average molecular weight is 220 g/mol.